The van der Waals surface area contributed by atoms with Gasteiger partial charge in [0.1, 0.15) is 0 Å². The van der Waals surface area contributed by atoms with Gasteiger partial charge in [-0.25, -0.2) is 0 Å². The van der Waals surface area contributed by atoms with Crippen LogP contribution in [0.4, 0.5) is 0 Å². The molecule has 0 aliphatic carbocycles. The van der Waals surface area contributed by atoms with Crippen LogP contribution in [-0.4, -0.2) is 48.1 Å². The molecule has 0 radical (unpaired) electrons. The lowest BCUT2D eigenvalue weighted by atomic mass is 9.90. The highest BCUT2D eigenvalue weighted by Gasteiger charge is 2.38. The number of benzene rings is 3. The summed E-state index contributed by atoms with van der Waals surface area (Å²) >= 11 is 0. The Labute approximate surface area is 261 Å². The standard InChI is InChI=1S/C36H47N3O5/c1-26-33(24-39(3)23-29-10-6-4-7-11-29)43-36(44-35(26)31-17-15-30(25-40)16-18-31)32-19-13-28(14-20-32)22-38-34(42)12-8-5-9-21-37-27(2)41/h4,6-7,10-11,13-20,26,33,35-36,40H,5,8-9,12,21-25H2,1-3H3,(H,37,41)(H,38,42)/t26-,33+,35+,36+/m1/s1. The van der Waals surface area contributed by atoms with Gasteiger partial charge >= 0.3 is 0 Å². The van der Waals surface area contributed by atoms with Crippen LogP contribution in [0.2, 0.25) is 0 Å². The molecule has 1 fully saturated rings. The van der Waals surface area contributed by atoms with E-state index in [9.17, 15) is 14.7 Å². The van der Waals surface area contributed by atoms with E-state index in [4.69, 9.17) is 9.47 Å². The molecule has 236 valence electrons. The molecule has 0 aromatic heterocycles. The normalized spacial score (nSPS) is 19.9. The summed E-state index contributed by atoms with van der Waals surface area (Å²) in [5.41, 5.74) is 5.13. The van der Waals surface area contributed by atoms with Crippen molar-refractivity contribution in [1.29, 1.82) is 0 Å². The summed E-state index contributed by atoms with van der Waals surface area (Å²) in [6.07, 6.45) is 2.27. The number of ether oxygens (including phenoxy) is 2. The minimum absolute atomic E-state index is 0.00668. The average Bonchev–Trinajstić information content (AvgIpc) is 3.03. The lowest BCUT2D eigenvalue weighted by Gasteiger charge is -2.42. The number of hydrogen-bond donors (Lipinski definition) is 3. The predicted molar refractivity (Wildman–Crippen MR) is 171 cm³/mol. The molecule has 4 atom stereocenters. The van der Waals surface area contributed by atoms with Crippen molar-refractivity contribution in [3.8, 4) is 0 Å². The maximum absolute atomic E-state index is 12.3. The van der Waals surface area contributed by atoms with Crippen molar-refractivity contribution in [1.82, 2.24) is 15.5 Å². The lowest BCUT2D eigenvalue weighted by molar-refractivity contribution is -0.276. The number of aliphatic hydroxyl groups is 1. The minimum Gasteiger partial charge on any atom is -0.392 e. The third kappa shape index (κ3) is 10.3. The number of carbonyl (C=O) groups excluding carboxylic acids is 2. The Balaban J connectivity index is 1.37. The summed E-state index contributed by atoms with van der Waals surface area (Å²) in [5, 5.41) is 15.3. The van der Waals surface area contributed by atoms with Crippen molar-refractivity contribution in [3.05, 3.63) is 107 Å². The Morgan fingerprint density at radius 2 is 1.50 bits per heavy atom. The fourth-order valence-electron chi connectivity index (χ4n) is 5.53. The second-order valence-corrected chi connectivity index (χ2v) is 11.8. The molecule has 3 N–H and O–H groups in total. The molecule has 1 aliphatic heterocycles. The number of nitrogens with zero attached hydrogens (tertiary/aromatic N) is 1. The molecule has 0 bridgehead atoms. The van der Waals surface area contributed by atoms with Gasteiger partial charge in [0, 0.05) is 51.0 Å². The molecule has 4 rings (SSSR count). The highest BCUT2D eigenvalue weighted by Crippen LogP contribution is 2.41. The molecule has 2 amide bonds. The van der Waals surface area contributed by atoms with Gasteiger partial charge in [-0.05, 0) is 42.1 Å². The molecule has 44 heavy (non-hydrogen) atoms. The van der Waals surface area contributed by atoms with Crippen molar-refractivity contribution < 1.29 is 24.2 Å². The van der Waals surface area contributed by atoms with Gasteiger partial charge in [-0.1, -0.05) is 92.2 Å². The Bertz CT molecular complexity index is 1300. The number of aliphatic hydroxyl groups excluding tert-OH is 1. The van der Waals surface area contributed by atoms with Crippen LogP contribution < -0.4 is 10.6 Å². The van der Waals surface area contributed by atoms with E-state index in [0.717, 1.165) is 54.6 Å². The van der Waals surface area contributed by atoms with Gasteiger partial charge in [0.25, 0.3) is 0 Å². The van der Waals surface area contributed by atoms with E-state index in [1.165, 1.54) is 12.5 Å². The number of unbranched alkanes of at least 4 members (excludes halogenated alkanes) is 2. The van der Waals surface area contributed by atoms with Crippen molar-refractivity contribution >= 4 is 11.8 Å². The first kappa shape index (κ1) is 33.3. The van der Waals surface area contributed by atoms with E-state index in [1.54, 1.807) is 0 Å². The quantitative estimate of drug-likeness (QED) is 0.201. The Morgan fingerprint density at radius 1 is 0.818 bits per heavy atom. The highest BCUT2D eigenvalue weighted by atomic mass is 16.7. The SMILES string of the molecule is CC(=O)NCCCCCC(=O)NCc1ccc([C@H]2O[C@@H](CN(C)Cc3ccccc3)[C@@H](C)[C@@H](c3ccc(CO)cc3)O2)cc1. The summed E-state index contributed by atoms with van der Waals surface area (Å²) in [6, 6.07) is 26.4. The third-order valence-corrected chi connectivity index (χ3v) is 8.11. The summed E-state index contributed by atoms with van der Waals surface area (Å²) in [4.78, 5) is 25.5. The van der Waals surface area contributed by atoms with Crippen LogP contribution in [0.3, 0.4) is 0 Å². The zero-order chi connectivity index (χ0) is 31.3. The molecule has 0 unspecified atom stereocenters. The molecule has 1 aliphatic rings. The van der Waals surface area contributed by atoms with Crippen LogP contribution >= 0.6 is 0 Å². The first-order valence-corrected chi connectivity index (χ1v) is 15.7. The topological polar surface area (TPSA) is 100 Å². The van der Waals surface area contributed by atoms with Gasteiger partial charge < -0.3 is 25.2 Å². The Kier molecular flexibility index (Phi) is 12.9. The molecule has 3 aromatic rings. The second-order valence-electron chi connectivity index (χ2n) is 11.8. The molecular weight excluding hydrogens is 554 g/mol. The van der Waals surface area contributed by atoms with Crippen LogP contribution in [0.5, 0.6) is 0 Å². The zero-order valence-electron chi connectivity index (χ0n) is 26.2. The fraction of sp³-hybridized carbons (Fsp3) is 0.444. The predicted octanol–water partition coefficient (Wildman–Crippen LogP) is 5.42. The number of carbonyl (C=O) groups is 2. The lowest BCUT2D eigenvalue weighted by Crippen LogP contribution is -2.43. The number of rotatable bonds is 15. The van der Waals surface area contributed by atoms with E-state index in [-0.39, 0.29) is 36.5 Å². The zero-order valence-corrected chi connectivity index (χ0v) is 26.2. The number of likely N-dealkylation sites (N-methyl/N-ethyl adjacent to an activating group) is 1. The van der Waals surface area contributed by atoms with E-state index in [1.807, 2.05) is 54.6 Å². The van der Waals surface area contributed by atoms with Crippen LogP contribution in [0, 0.1) is 5.92 Å². The smallest absolute Gasteiger partial charge is 0.220 e. The van der Waals surface area contributed by atoms with Crippen LogP contribution in [0.1, 0.15) is 79.7 Å². The second kappa shape index (κ2) is 17.1. The van der Waals surface area contributed by atoms with Crippen LogP contribution in [0.15, 0.2) is 78.9 Å². The van der Waals surface area contributed by atoms with Crippen molar-refractivity contribution in [2.75, 3.05) is 20.1 Å². The average molecular weight is 602 g/mol. The maximum atomic E-state index is 12.3. The largest absolute Gasteiger partial charge is 0.392 e. The summed E-state index contributed by atoms with van der Waals surface area (Å²) in [5.74, 6) is 0.105. The van der Waals surface area contributed by atoms with Gasteiger partial charge in [-0.3, -0.25) is 14.5 Å². The van der Waals surface area contributed by atoms with E-state index >= 15 is 0 Å². The molecule has 0 saturated carbocycles. The third-order valence-electron chi connectivity index (χ3n) is 8.11. The van der Waals surface area contributed by atoms with Gasteiger partial charge in [-0.2, -0.15) is 0 Å². The van der Waals surface area contributed by atoms with E-state index in [0.29, 0.717) is 19.5 Å². The highest BCUT2D eigenvalue weighted by molar-refractivity contribution is 5.75. The van der Waals surface area contributed by atoms with E-state index in [2.05, 4.69) is 53.8 Å². The van der Waals surface area contributed by atoms with Crippen molar-refractivity contribution in [3.63, 3.8) is 0 Å². The first-order valence-electron chi connectivity index (χ1n) is 15.7. The summed E-state index contributed by atoms with van der Waals surface area (Å²) in [7, 11) is 2.12. The van der Waals surface area contributed by atoms with Gasteiger partial charge in [0.2, 0.25) is 11.8 Å². The summed E-state index contributed by atoms with van der Waals surface area (Å²) in [6.45, 7) is 6.38. The minimum atomic E-state index is -0.537. The molecule has 8 nitrogen and oxygen atoms in total. The fourth-order valence-corrected chi connectivity index (χ4v) is 5.53. The Hall–Kier alpha value is -3.56. The van der Waals surface area contributed by atoms with Gasteiger partial charge in [0.05, 0.1) is 18.8 Å². The van der Waals surface area contributed by atoms with Crippen molar-refractivity contribution in [2.45, 2.75) is 77.7 Å². The Morgan fingerprint density at radius 3 is 2.18 bits per heavy atom. The molecule has 3 aromatic carbocycles. The molecule has 0 spiro atoms. The first-order chi connectivity index (χ1) is 21.3. The number of hydrogen-bond acceptors (Lipinski definition) is 6. The maximum Gasteiger partial charge on any atom is 0.220 e. The van der Waals surface area contributed by atoms with Crippen LogP contribution in [0.25, 0.3) is 0 Å². The van der Waals surface area contributed by atoms with E-state index < -0.39 is 6.29 Å². The summed E-state index contributed by atoms with van der Waals surface area (Å²) < 4.78 is 13.2. The molecule has 1 heterocycles. The molecule has 1 saturated heterocycles. The monoisotopic (exact) mass is 601 g/mol. The van der Waals surface area contributed by atoms with Gasteiger partial charge in [0.15, 0.2) is 6.29 Å². The van der Waals surface area contributed by atoms with Gasteiger partial charge in [-0.15, -0.1) is 0 Å². The number of nitrogens with one attached hydrogen (secondary N) is 2. The van der Waals surface area contributed by atoms with Crippen molar-refractivity contribution in [2.24, 2.45) is 5.92 Å². The molecular formula is C36H47N3O5. The molecule has 8 heteroatoms. The van der Waals surface area contributed by atoms with Crippen LogP contribution in [-0.2, 0) is 38.8 Å². The number of amides is 2.